The standard InChI is InChI=1S/5C2H2O4.2Nb.H2O/c5*3-1(4)2(5)6;;;/h5*(H,3,4)(H,5,6);;;1H2. The fraction of sp³-hybridized carbons (Fsp3) is 0. The van der Waals surface area contributed by atoms with Crippen LogP contribution < -0.4 is 0 Å². The van der Waals surface area contributed by atoms with E-state index in [2.05, 4.69) is 0 Å². The predicted molar refractivity (Wildman–Crippen MR) is 80.0 cm³/mol. The van der Waals surface area contributed by atoms with E-state index in [1.54, 1.807) is 0 Å². The van der Waals surface area contributed by atoms with Gasteiger partial charge in [0.15, 0.2) is 0 Å². The van der Waals surface area contributed by atoms with Gasteiger partial charge in [0, 0.05) is 44.8 Å². The molecule has 0 aromatic carbocycles. The van der Waals surface area contributed by atoms with Crippen LogP contribution in [0.5, 0.6) is 0 Å². The third-order valence-corrected chi connectivity index (χ3v) is 0.915. The smallest absolute Gasteiger partial charge is 0.414 e. The third-order valence-electron chi connectivity index (χ3n) is 0.915. The Hall–Kier alpha value is -3.86. The van der Waals surface area contributed by atoms with Crippen molar-refractivity contribution in [1.29, 1.82) is 0 Å². The number of aliphatic carboxylic acids is 10. The second kappa shape index (κ2) is 30.3. The zero-order chi connectivity index (χ0) is 25.8. The summed E-state index contributed by atoms with van der Waals surface area (Å²) in [5.41, 5.74) is 0. The molecule has 23 heteroatoms. The molecule has 0 atom stereocenters. The zero-order valence-electron chi connectivity index (χ0n) is 14.9. The molecule has 0 spiro atoms. The quantitative estimate of drug-likeness (QED) is 0.0862. The van der Waals surface area contributed by atoms with E-state index in [4.69, 9.17) is 99.0 Å². The van der Waals surface area contributed by atoms with Crippen LogP contribution in [-0.2, 0) is 92.7 Å². The third kappa shape index (κ3) is 73.8. The first-order valence-corrected chi connectivity index (χ1v) is 5.53. The number of carboxylic acids is 10. The second-order valence-electron chi connectivity index (χ2n) is 3.05. The van der Waals surface area contributed by atoms with E-state index in [0.717, 1.165) is 0 Å². The van der Waals surface area contributed by atoms with Crippen LogP contribution in [0, 0.1) is 0 Å². The summed E-state index contributed by atoms with van der Waals surface area (Å²) < 4.78 is 0. The molecule has 0 rings (SSSR count). The monoisotopic (exact) mass is 654 g/mol. The summed E-state index contributed by atoms with van der Waals surface area (Å²) in [7, 11) is 0. The van der Waals surface area contributed by atoms with Crippen molar-refractivity contribution in [2.75, 3.05) is 0 Å². The molecule has 0 heterocycles. The predicted octanol–water partition coefficient (Wildman–Crippen LogP) is -5.05. The molecule has 188 valence electrons. The molecule has 21 nitrogen and oxygen atoms in total. The Kier molecular flexibility index (Phi) is 47.5. The van der Waals surface area contributed by atoms with E-state index in [-0.39, 0.29) is 50.2 Å². The molecule has 0 bridgehead atoms. The number of hydrogen-bond donors (Lipinski definition) is 10. The molecule has 0 aliphatic rings. The fourth-order valence-electron chi connectivity index (χ4n) is 0. The van der Waals surface area contributed by atoms with Gasteiger partial charge in [0.25, 0.3) is 0 Å². The molecule has 0 aromatic rings. The van der Waals surface area contributed by atoms with E-state index in [1.165, 1.54) is 0 Å². The Bertz CT molecular complexity index is 509. The van der Waals surface area contributed by atoms with Crippen molar-refractivity contribution in [3.63, 3.8) is 0 Å². The second-order valence-corrected chi connectivity index (χ2v) is 3.05. The summed E-state index contributed by atoms with van der Waals surface area (Å²) in [6, 6.07) is 0. The minimum atomic E-state index is -1.82. The molecule has 0 amide bonds. The van der Waals surface area contributed by atoms with Crippen LogP contribution in [0.15, 0.2) is 0 Å². The Morgan fingerprint density at radius 2 is 0.273 bits per heavy atom. The van der Waals surface area contributed by atoms with Gasteiger partial charge in [-0.3, -0.25) is 0 Å². The average molecular weight is 654 g/mol. The summed E-state index contributed by atoms with van der Waals surface area (Å²) in [5.74, 6) is -18.2. The van der Waals surface area contributed by atoms with Crippen molar-refractivity contribution in [2.24, 2.45) is 0 Å². The molecule has 0 aliphatic carbocycles. The summed E-state index contributed by atoms with van der Waals surface area (Å²) in [6.45, 7) is 0. The van der Waals surface area contributed by atoms with Crippen LogP contribution in [-0.4, -0.2) is 116 Å². The van der Waals surface area contributed by atoms with Crippen molar-refractivity contribution >= 4 is 59.7 Å². The summed E-state index contributed by atoms with van der Waals surface area (Å²) in [5, 5.41) is 73.9. The molecule has 2 radical (unpaired) electrons. The van der Waals surface area contributed by atoms with Gasteiger partial charge in [0.2, 0.25) is 0 Å². The number of carboxylic acid groups (broad SMARTS) is 10. The first-order valence-electron chi connectivity index (χ1n) is 5.53. The molecular weight excluding hydrogens is 642 g/mol. The largest absolute Gasteiger partial charge is 0.473 e. The molecule has 0 aromatic heterocycles. The van der Waals surface area contributed by atoms with Crippen molar-refractivity contribution in [1.82, 2.24) is 0 Å². The average Bonchev–Trinajstić information content (AvgIpc) is 2.56. The van der Waals surface area contributed by atoms with Gasteiger partial charge in [0.05, 0.1) is 0 Å². The van der Waals surface area contributed by atoms with Crippen molar-refractivity contribution in [3.8, 4) is 0 Å². The summed E-state index contributed by atoms with van der Waals surface area (Å²) in [6.07, 6.45) is 0. The van der Waals surface area contributed by atoms with Gasteiger partial charge >= 0.3 is 59.7 Å². The molecule has 12 N–H and O–H groups in total. The van der Waals surface area contributed by atoms with Crippen molar-refractivity contribution in [2.45, 2.75) is 0 Å². The van der Waals surface area contributed by atoms with Gasteiger partial charge in [-0.05, 0) is 0 Å². The van der Waals surface area contributed by atoms with E-state index in [0.29, 0.717) is 0 Å². The molecule has 0 saturated carbocycles. The van der Waals surface area contributed by atoms with E-state index >= 15 is 0 Å². The molecule has 0 fully saturated rings. The van der Waals surface area contributed by atoms with Crippen molar-refractivity contribution < 1.29 is 149 Å². The Morgan fingerprint density at radius 3 is 0.273 bits per heavy atom. The van der Waals surface area contributed by atoms with Crippen LogP contribution in [0.3, 0.4) is 0 Å². The van der Waals surface area contributed by atoms with Gasteiger partial charge in [-0.1, -0.05) is 0 Å². The molecule has 0 aliphatic heterocycles. The maximum atomic E-state index is 9.10. The van der Waals surface area contributed by atoms with Gasteiger partial charge < -0.3 is 56.5 Å². The van der Waals surface area contributed by atoms with Crippen LogP contribution >= 0.6 is 0 Å². The van der Waals surface area contributed by atoms with Crippen LogP contribution in [0.1, 0.15) is 0 Å². The van der Waals surface area contributed by atoms with E-state index < -0.39 is 59.7 Å². The Balaban J connectivity index is -0.0000000386. The maximum absolute atomic E-state index is 9.10. The first kappa shape index (κ1) is 51.6. The normalized spacial score (nSPS) is 6.67. The van der Waals surface area contributed by atoms with Gasteiger partial charge in [0.1, 0.15) is 0 Å². The Labute approximate surface area is 208 Å². The van der Waals surface area contributed by atoms with Crippen LogP contribution in [0.4, 0.5) is 0 Å². The number of hydrogen-bond acceptors (Lipinski definition) is 10. The van der Waals surface area contributed by atoms with Crippen LogP contribution in [0.2, 0.25) is 0 Å². The first-order chi connectivity index (χ1) is 13.2. The topological polar surface area (TPSA) is 404 Å². The van der Waals surface area contributed by atoms with Gasteiger partial charge in [-0.2, -0.15) is 0 Å². The minimum absolute atomic E-state index is 0. The SMILES string of the molecule is O.O=C(O)C(=O)O.O=C(O)C(=O)O.O=C(O)C(=O)O.O=C(O)C(=O)O.O=C(O)C(=O)O.[Nb].[Nb]. The molecule has 0 unspecified atom stereocenters. The van der Waals surface area contributed by atoms with E-state index in [9.17, 15) is 0 Å². The maximum Gasteiger partial charge on any atom is 0.414 e. The molecular formula is C10H12Nb2O21. The molecule has 33 heavy (non-hydrogen) atoms. The number of rotatable bonds is 0. The zero-order valence-corrected chi connectivity index (χ0v) is 19.3. The Morgan fingerprint density at radius 1 is 0.242 bits per heavy atom. The molecule has 0 saturated heterocycles. The number of carbonyl (C=O) groups is 10. The fourth-order valence-corrected chi connectivity index (χ4v) is 0. The van der Waals surface area contributed by atoms with Gasteiger partial charge in [-0.15, -0.1) is 0 Å². The van der Waals surface area contributed by atoms with Crippen molar-refractivity contribution in [3.05, 3.63) is 0 Å². The van der Waals surface area contributed by atoms with Crippen LogP contribution in [0.25, 0.3) is 0 Å². The summed E-state index contributed by atoms with van der Waals surface area (Å²) in [4.78, 5) is 91.0. The van der Waals surface area contributed by atoms with E-state index in [1.807, 2.05) is 0 Å². The summed E-state index contributed by atoms with van der Waals surface area (Å²) >= 11 is 0. The minimum Gasteiger partial charge on any atom is -0.473 e. The van der Waals surface area contributed by atoms with Gasteiger partial charge in [-0.25, -0.2) is 47.9 Å².